The zero-order valence-electron chi connectivity index (χ0n) is 11.5. The summed E-state index contributed by atoms with van der Waals surface area (Å²) in [5, 5.41) is 13.9. The van der Waals surface area contributed by atoms with Gasteiger partial charge in [0, 0.05) is 12.6 Å². The summed E-state index contributed by atoms with van der Waals surface area (Å²) >= 11 is 0. The minimum absolute atomic E-state index is 0.219. The molecule has 2 N–H and O–H groups in total. The lowest BCUT2D eigenvalue weighted by Crippen LogP contribution is -2.36. The molecule has 0 aliphatic heterocycles. The molecule has 2 aromatic carbocycles. The van der Waals surface area contributed by atoms with Gasteiger partial charge >= 0.3 is 0 Å². The molecule has 2 nitrogen and oxygen atoms in total. The Hall–Kier alpha value is -1.64. The van der Waals surface area contributed by atoms with Crippen molar-refractivity contribution in [3.8, 4) is 0 Å². The first-order valence-electron chi connectivity index (χ1n) is 6.66. The van der Waals surface area contributed by atoms with E-state index >= 15 is 0 Å². The van der Waals surface area contributed by atoms with Gasteiger partial charge in [0.2, 0.25) is 0 Å². The van der Waals surface area contributed by atoms with Crippen molar-refractivity contribution >= 4 is 0 Å². The monoisotopic (exact) mass is 255 g/mol. The molecule has 19 heavy (non-hydrogen) atoms. The maximum absolute atomic E-state index is 10.5. The van der Waals surface area contributed by atoms with Crippen molar-refractivity contribution in [3.05, 3.63) is 71.8 Å². The van der Waals surface area contributed by atoms with Gasteiger partial charge in [0.15, 0.2) is 0 Å². The van der Waals surface area contributed by atoms with Crippen LogP contribution >= 0.6 is 0 Å². The van der Waals surface area contributed by atoms with Gasteiger partial charge in [0.1, 0.15) is 0 Å². The lowest BCUT2D eigenvalue weighted by molar-refractivity contribution is 0.0543. The van der Waals surface area contributed by atoms with Crippen LogP contribution in [0.5, 0.6) is 0 Å². The fraction of sp³-hybridized carbons (Fsp3) is 0.294. The van der Waals surface area contributed by atoms with Crippen molar-refractivity contribution < 1.29 is 5.11 Å². The summed E-state index contributed by atoms with van der Waals surface area (Å²) in [7, 11) is 0. The average molecular weight is 255 g/mol. The first-order valence-corrected chi connectivity index (χ1v) is 6.66. The standard InChI is InChI=1S/C17H21NO/c1-14(15-9-5-3-6-10-15)18-13-17(2,19)16-11-7-4-8-12-16/h3-12,14,18-19H,13H2,1-2H3/t14-,17?/m1/s1. The molecule has 0 saturated heterocycles. The molecule has 0 saturated carbocycles. The topological polar surface area (TPSA) is 32.3 Å². The highest BCUT2D eigenvalue weighted by atomic mass is 16.3. The minimum atomic E-state index is -0.857. The van der Waals surface area contributed by atoms with Crippen LogP contribution in [0.4, 0.5) is 0 Å². The van der Waals surface area contributed by atoms with Gasteiger partial charge in [-0.15, -0.1) is 0 Å². The van der Waals surface area contributed by atoms with E-state index in [1.807, 2.05) is 55.5 Å². The molecule has 0 fully saturated rings. The van der Waals surface area contributed by atoms with Gasteiger partial charge in [0.25, 0.3) is 0 Å². The van der Waals surface area contributed by atoms with Crippen LogP contribution in [0.1, 0.15) is 31.0 Å². The third kappa shape index (κ3) is 3.66. The molecule has 0 amide bonds. The number of hydrogen-bond donors (Lipinski definition) is 2. The Morgan fingerprint density at radius 2 is 1.53 bits per heavy atom. The quantitative estimate of drug-likeness (QED) is 0.859. The molecule has 2 rings (SSSR count). The van der Waals surface area contributed by atoms with Crippen LogP contribution in [0.3, 0.4) is 0 Å². The van der Waals surface area contributed by atoms with Crippen molar-refractivity contribution in [2.75, 3.05) is 6.54 Å². The largest absolute Gasteiger partial charge is 0.384 e. The van der Waals surface area contributed by atoms with Gasteiger partial charge < -0.3 is 10.4 Å². The molecular weight excluding hydrogens is 234 g/mol. The number of aliphatic hydroxyl groups is 1. The normalized spacial score (nSPS) is 15.7. The summed E-state index contributed by atoms with van der Waals surface area (Å²) in [6.45, 7) is 4.47. The summed E-state index contributed by atoms with van der Waals surface area (Å²) in [5.41, 5.74) is 1.30. The van der Waals surface area contributed by atoms with Crippen LogP contribution in [-0.4, -0.2) is 11.7 Å². The van der Waals surface area contributed by atoms with Crippen molar-refractivity contribution in [2.24, 2.45) is 0 Å². The third-order valence-corrected chi connectivity index (χ3v) is 3.45. The second-order valence-corrected chi connectivity index (χ2v) is 5.15. The summed E-state index contributed by atoms with van der Waals surface area (Å²) in [6.07, 6.45) is 0. The van der Waals surface area contributed by atoms with E-state index < -0.39 is 5.60 Å². The van der Waals surface area contributed by atoms with Crippen molar-refractivity contribution in [2.45, 2.75) is 25.5 Å². The maximum Gasteiger partial charge on any atom is 0.0992 e. The zero-order chi connectivity index (χ0) is 13.7. The van der Waals surface area contributed by atoms with Gasteiger partial charge in [-0.1, -0.05) is 60.7 Å². The maximum atomic E-state index is 10.5. The summed E-state index contributed by atoms with van der Waals surface area (Å²) < 4.78 is 0. The Balaban J connectivity index is 1.99. The lowest BCUT2D eigenvalue weighted by Gasteiger charge is -2.26. The average Bonchev–Trinajstić information content (AvgIpc) is 2.47. The molecule has 0 bridgehead atoms. The summed E-state index contributed by atoms with van der Waals surface area (Å²) in [6, 6.07) is 20.2. The third-order valence-electron chi connectivity index (χ3n) is 3.45. The Morgan fingerprint density at radius 1 is 1.00 bits per heavy atom. The van der Waals surface area contributed by atoms with Gasteiger partial charge in [-0.3, -0.25) is 0 Å². The SMILES string of the molecule is C[C@@H](NCC(C)(O)c1ccccc1)c1ccccc1. The van der Waals surface area contributed by atoms with E-state index in [-0.39, 0.29) is 6.04 Å². The van der Waals surface area contributed by atoms with Crippen LogP contribution in [0, 0.1) is 0 Å². The molecule has 0 radical (unpaired) electrons. The predicted octanol–water partition coefficient (Wildman–Crippen LogP) is 3.24. The molecule has 2 aromatic rings. The van der Waals surface area contributed by atoms with E-state index in [9.17, 15) is 5.11 Å². The van der Waals surface area contributed by atoms with E-state index in [2.05, 4.69) is 24.4 Å². The molecule has 0 heterocycles. The Bertz CT molecular complexity index is 493. The van der Waals surface area contributed by atoms with E-state index in [0.717, 1.165) is 5.56 Å². The Labute approximate surface area is 115 Å². The Kier molecular flexibility index (Phi) is 4.35. The van der Waals surface area contributed by atoms with Crippen LogP contribution in [-0.2, 0) is 5.60 Å². The molecule has 0 aliphatic carbocycles. The fourth-order valence-electron chi connectivity index (χ4n) is 2.11. The number of benzene rings is 2. The highest BCUT2D eigenvalue weighted by Gasteiger charge is 2.23. The van der Waals surface area contributed by atoms with Crippen molar-refractivity contribution in [1.29, 1.82) is 0 Å². The summed E-state index contributed by atoms with van der Waals surface area (Å²) in [5.74, 6) is 0. The molecule has 0 spiro atoms. The van der Waals surface area contributed by atoms with Crippen LogP contribution in [0.25, 0.3) is 0 Å². The van der Waals surface area contributed by atoms with Crippen LogP contribution in [0.2, 0.25) is 0 Å². The molecule has 2 atom stereocenters. The van der Waals surface area contributed by atoms with Gasteiger partial charge in [-0.25, -0.2) is 0 Å². The number of nitrogens with one attached hydrogen (secondary N) is 1. The highest BCUT2D eigenvalue weighted by Crippen LogP contribution is 2.20. The molecule has 2 heteroatoms. The Morgan fingerprint density at radius 3 is 2.11 bits per heavy atom. The van der Waals surface area contributed by atoms with Gasteiger partial charge in [-0.05, 0) is 25.0 Å². The molecule has 100 valence electrons. The first-order chi connectivity index (χ1) is 9.09. The fourth-order valence-corrected chi connectivity index (χ4v) is 2.11. The van der Waals surface area contributed by atoms with Crippen molar-refractivity contribution in [1.82, 2.24) is 5.32 Å². The second kappa shape index (κ2) is 6.00. The molecule has 0 aromatic heterocycles. The smallest absolute Gasteiger partial charge is 0.0992 e. The van der Waals surface area contributed by atoms with E-state index in [1.54, 1.807) is 0 Å². The lowest BCUT2D eigenvalue weighted by atomic mass is 9.95. The minimum Gasteiger partial charge on any atom is -0.384 e. The molecular formula is C17H21NO. The predicted molar refractivity (Wildman–Crippen MR) is 78.9 cm³/mol. The number of rotatable bonds is 5. The molecule has 0 aliphatic rings. The van der Waals surface area contributed by atoms with E-state index in [1.165, 1.54) is 5.56 Å². The second-order valence-electron chi connectivity index (χ2n) is 5.15. The molecule has 1 unspecified atom stereocenters. The highest BCUT2D eigenvalue weighted by molar-refractivity contribution is 5.22. The van der Waals surface area contributed by atoms with E-state index in [4.69, 9.17) is 0 Å². The summed E-state index contributed by atoms with van der Waals surface area (Å²) in [4.78, 5) is 0. The van der Waals surface area contributed by atoms with E-state index in [0.29, 0.717) is 6.54 Å². The van der Waals surface area contributed by atoms with Crippen LogP contribution in [0.15, 0.2) is 60.7 Å². The van der Waals surface area contributed by atoms with Gasteiger partial charge in [0.05, 0.1) is 5.60 Å². The van der Waals surface area contributed by atoms with Crippen molar-refractivity contribution in [3.63, 3.8) is 0 Å². The zero-order valence-corrected chi connectivity index (χ0v) is 11.5. The van der Waals surface area contributed by atoms with Gasteiger partial charge in [-0.2, -0.15) is 0 Å². The number of hydrogen-bond acceptors (Lipinski definition) is 2. The van der Waals surface area contributed by atoms with Crippen LogP contribution < -0.4 is 5.32 Å². The first kappa shape index (κ1) is 13.8.